The van der Waals surface area contributed by atoms with E-state index in [0.29, 0.717) is 5.75 Å². The van der Waals surface area contributed by atoms with Crippen LogP contribution in [-0.2, 0) is 31.0 Å². The van der Waals surface area contributed by atoms with Gasteiger partial charge in [-0.05, 0) is 35.4 Å². The van der Waals surface area contributed by atoms with Gasteiger partial charge in [-0.2, -0.15) is 18.3 Å². The normalized spacial score (nSPS) is 11.4. The zero-order valence-corrected chi connectivity index (χ0v) is 19.1. The van der Waals surface area contributed by atoms with Crippen molar-refractivity contribution in [1.29, 1.82) is 0 Å². The lowest BCUT2D eigenvalue weighted by molar-refractivity contribution is -0.141. The number of rotatable bonds is 7. The Balaban J connectivity index is 1.51. The number of methoxy groups -OCH3 is 1. The predicted octanol–water partition coefficient (Wildman–Crippen LogP) is 2.90. The second kappa shape index (κ2) is 9.98. The minimum atomic E-state index is -4.60. The number of anilines is 1. The minimum Gasteiger partial charge on any atom is -0.497 e. The molecule has 0 unspecified atom stereocenters. The van der Waals surface area contributed by atoms with E-state index in [9.17, 15) is 22.8 Å². The van der Waals surface area contributed by atoms with E-state index >= 15 is 0 Å². The fourth-order valence-electron chi connectivity index (χ4n) is 3.46. The Hall–Kier alpha value is -4.55. The minimum absolute atomic E-state index is 0.0636. The molecule has 0 bridgehead atoms. The molecule has 0 aliphatic heterocycles. The number of amides is 2. The Labute approximate surface area is 202 Å². The van der Waals surface area contributed by atoms with Crippen LogP contribution in [0.15, 0.2) is 48.9 Å². The Morgan fingerprint density at radius 1 is 1.06 bits per heavy atom. The van der Waals surface area contributed by atoms with Crippen LogP contribution in [0.2, 0.25) is 0 Å². The van der Waals surface area contributed by atoms with Crippen LogP contribution in [0.4, 0.5) is 19.0 Å². The molecule has 0 spiro atoms. The number of nitrogens with zero attached hydrogens (tertiary/aromatic N) is 5. The van der Waals surface area contributed by atoms with E-state index in [4.69, 9.17) is 4.74 Å². The number of alkyl halides is 3. The van der Waals surface area contributed by atoms with Crippen molar-refractivity contribution in [3.63, 3.8) is 0 Å². The maximum absolute atomic E-state index is 12.9. The van der Waals surface area contributed by atoms with Crippen molar-refractivity contribution in [2.75, 3.05) is 12.4 Å². The van der Waals surface area contributed by atoms with Gasteiger partial charge in [-0.3, -0.25) is 14.6 Å². The molecule has 2 N–H and O–H groups in total. The average Bonchev–Trinajstić information content (AvgIpc) is 3.17. The van der Waals surface area contributed by atoms with Crippen molar-refractivity contribution >= 4 is 28.7 Å². The van der Waals surface area contributed by atoms with Gasteiger partial charge < -0.3 is 15.4 Å². The fourth-order valence-corrected chi connectivity index (χ4v) is 3.46. The first-order valence-corrected chi connectivity index (χ1v) is 10.6. The van der Waals surface area contributed by atoms with Gasteiger partial charge in [0.05, 0.1) is 13.5 Å². The Morgan fingerprint density at radius 2 is 1.86 bits per heavy atom. The molecule has 0 aliphatic rings. The van der Waals surface area contributed by atoms with Gasteiger partial charge in [-0.25, -0.2) is 14.6 Å². The van der Waals surface area contributed by atoms with Gasteiger partial charge in [0.2, 0.25) is 5.91 Å². The standard InChI is InChI=1S/C23H20F3N7O3/c1-33-21(31-17(34)10-13-4-3-5-15(8-13)36-2)19-18(32-33)20(30-12-29-19)22(35)28-11-14-6-7-27-16(9-14)23(24,25)26/h3-9,12H,10-11H2,1-2H3,(H,28,35)(H,31,34). The van der Waals surface area contributed by atoms with Crippen LogP contribution in [-0.4, -0.2) is 43.7 Å². The van der Waals surface area contributed by atoms with E-state index in [-0.39, 0.29) is 47.0 Å². The van der Waals surface area contributed by atoms with Gasteiger partial charge in [-0.15, -0.1) is 0 Å². The first kappa shape index (κ1) is 24.6. The fraction of sp³-hybridized carbons (Fsp3) is 0.217. The quantitative estimate of drug-likeness (QED) is 0.401. The maximum Gasteiger partial charge on any atom is 0.433 e. The largest absolute Gasteiger partial charge is 0.497 e. The second-order valence-electron chi connectivity index (χ2n) is 7.70. The molecule has 3 aromatic heterocycles. The van der Waals surface area contributed by atoms with Crippen LogP contribution in [0, 0.1) is 0 Å². The topological polar surface area (TPSA) is 124 Å². The van der Waals surface area contributed by atoms with E-state index in [1.807, 2.05) is 0 Å². The molecule has 0 radical (unpaired) electrons. The van der Waals surface area contributed by atoms with E-state index in [1.54, 1.807) is 31.3 Å². The number of benzene rings is 1. The molecule has 0 aliphatic carbocycles. The maximum atomic E-state index is 12.9. The highest BCUT2D eigenvalue weighted by atomic mass is 19.4. The smallest absolute Gasteiger partial charge is 0.433 e. The van der Waals surface area contributed by atoms with Crippen molar-refractivity contribution in [2.24, 2.45) is 7.05 Å². The van der Waals surface area contributed by atoms with Crippen molar-refractivity contribution in [3.05, 3.63) is 71.4 Å². The third-order valence-electron chi connectivity index (χ3n) is 5.16. The molecule has 13 heteroatoms. The number of aromatic nitrogens is 5. The van der Waals surface area contributed by atoms with Crippen molar-refractivity contribution in [3.8, 4) is 5.75 Å². The summed E-state index contributed by atoms with van der Waals surface area (Å²) in [5.41, 5.74) is 0.159. The summed E-state index contributed by atoms with van der Waals surface area (Å²) in [7, 11) is 3.10. The number of halogens is 3. The lowest BCUT2D eigenvalue weighted by Gasteiger charge is -2.09. The Kier molecular flexibility index (Phi) is 6.81. The molecule has 0 atom stereocenters. The molecule has 1 aromatic carbocycles. The van der Waals surface area contributed by atoms with Gasteiger partial charge in [0, 0.05) is 19.8 Å². The molecule has 4 rings (SSSR count). The SMILES string of the molecule is COc1cccc(CC(=O)Nc2c3ncnc(C(=O)NCc4ccnc(C(F)(F)F)c4)c3nn2C)c1. The molecule has 0 fully saturated rings. The molecule has 186 valence electrons. The number of carbonyl (C=O) groups is 2. The lowest BCUT2D eigenvalue weighted by Crippen LogP contribution is -2.24. The summed E-state index contributed by atoms with van der Waals surface area (Å²) in [5, 5.41) is 9.54. The number of pyridine rings is 1. The zero-order valence-electron chi connectivity index (χ0n) is 19.1. The van der Waals surface area contributed by atoms with Crippen LogP contribution in [0.25, 0.3) is 11.0 Å². The van der Waals surface area contributed by atoms with Crippen LogP contribution < -0.4 is 15.4 Å². The van der Waals surface area contributed by atoms with Crippen LogP contribution >= 0.6 is 0 Å². The Morgan fingerprint density at radius 3 is 2.61 bits per heavy atom. The lowest BCUT2D eigenvalue weighted by atomic mass is 10.1. The van der Waals surface area contributed by atoms with Crippen LogP contribution in [0.3, 0.4) is 0 Å². The third kappa shape index (κ3) is 5.40. The molecule has 0 saturated carbocycles. The summed E-state index contributed by atoms with van der Waals surface area (Å²) in [6, 6.07) is 9.29. The number of hydrogen-bond donors (Lipinski definition) is 2. The molecular formula is C23H20F3N7O3. The van der Waals surface area contributed by atoms with Gasteiger partial charge >= 0.3 is 6.18 Å². The Bertz CT molecular complexity index is 1440. The summed E-state index contributed by atoms with van der Waals surface area (Å²) in [6.07, 6.45) is -2.37. The van der Waals surface area contributed by atoms with E-state index in [0.717, 1.165) is 24.2 Å². The molecule has 36 heavy (non-hydrogen) atoms. The van der Waals surface area contributed by atoms with Crippen molar-refractivity contribution < 1.29 is 27.5 Å². The summed E-state index contributed by atoms with van der Waals surface area (Å²) < 4.78 is 45.2. The number of ether oxygens (including phenoxy) is 1. The van der Waals surface area contributed by atoms with E-state index in [2.05, 4.69) is 30.7 Å². The monoisotopic (exact) mass is 499 g/mol. The van der Waals surface area contributed by atoms with E-state index in [1.165, 1.54) is 17.9 Å². The highest BCUT2D eigenvalue weighted by molar-refractivity contribution is 6.07. The number of hydrogen-bond acceptors (Lipinski definition) is 7. The molecular weight excluding hydrogens is 479 g/mol. The molecule has 3 heterocycles. The third-order valence-corrected chi connectivity index (χ3v) is 5.16. The number of nitrogens with one attached hydrogen (secondary N) is 2. The van der Waals surface area contributed by atoms with Gasteiger partial charge in [0.25, 0.3) is 5.91 Å². The van der Waals surface area contributed by atoms with Crippen molar-refractivity contribution in [2.45, 2.75) is 19.1 Å². The summed E-state index contributed by atoms with van der Waals surface area (Å²) in [6.45, 7) is -0.188. The summed E-state index contributed by atoms with van der Waals surface area (Å²) in [4.78, 5) is 36.8. The van der Waals surface area contributed by atoms with E-state index < -0.39 is 17.8 Å². The summed E-state index contributed by atoms with van der Waals surface area (Å²) in [5.74, 6) is -0.120. The van der Waals surface area contributed by atoms with Gasteiger partial charge in [0.1, 0.15) is 28.8 Å². The van der Waals surface area contributed by atoms with Crippen LogP contribution in [0.5, 0.6) is 5.75 Å². The zero-order chi connectivity index (χ0) is 25.9. The summed E-state index contributed by atoms with van der Waals surface area (Å²) >= 11 is 0. The van der Waals surface area contributed by atoms with Crippen molar-refractivity contribution in [1.82, 2.24) is 30.0 Å². The first-order chi connectivity index (χ1) is 17.2. The molecule has 0 saturated heterocycles. The highest BCUT2D eigenvalue weighted by Gasteiger charge is 2.32. The van der Waals surface area contributed by atoms with Gasteiger partial charge in [-0.1, -0.05) is 12.1 Å². The second-order valence-corrected chi connectivity index (χ2v) is 7.70. The molecule has 10 nitrogen and oxygen atoms in total. The predicted molar refractivity (Wildman–Crippen MR) is 122 cm³/mol. The number of aryl methyl sites for hydroxylation is 1. The highest BCUT2D eigenvalue weighted by Crippen LogP contribution is 2.28. The molecule has 4 aromatic rings. The number of carbonyl (C=O) groups excluding carboxylic acids is 2. The average molecular weight is 499 g/mol. The van der Waals surface area contributed by atoms with Gasteiger partial charge in [0.15, 0.2) is 11.5 Å². The van der Waals surface area contributed by atoms with Crippen LogP contribution in [0.1, 0.15) is 27.3 Å². The number of fused-ring (bicyclic) bond motifs is 1. The first-order valence-electron chi connectivity index (χ1n) is 10.6. The molecule has 2 amide bonds.